The van der Waals surface area contributed by atoms with Gasteiger partial charge in [-0.05, 0) is 55.3 Å². The SMILES string of the molecule is CC(O)c1ccnc(-c2cccc3cc(Cc4nc(N)ccc4Cl)sc23)c1.CNS(=O)(=O)c1cn[nH]c1.CO. The first-order chi connectivity index (χ1) is 18.7. The number of hydrogen-bond donors (Lipinski definition) is 5. The number of nitrogen functional groups attached to an aromatic ring is 1. The van der Waals surface area contributed by atoms with Crippen molar-refractivity contribution >= 4 is 48.9 Å². The summed E-state index contributed by atoms with van der Waals surface area (Å²) in [6.07, 6.45) is 4.39. The van der Waals surface area contributed by atoms with Gasteiger partial charge in [0.1, 0.15) is 10.7 Å². The number of benzene rings is 1. The van der Waals surface area contributed by atoms with E-state index in [0.29, 0.717) is 17.3 Å². The van der Waals surface area contributed by atoms with E-state index in [1.54, 1.807) is 36.6 Å². The van der Waals surface area contributed by atoms with E-state index < -0.39 is 16.1 Å². The molecule has 4 heterocycles. The number of nitrogens with zero attached hydrogens (tertiary/aromatic N) is 3. The monoisotopic (exact) mass is 588 g/mol. The number of aliphatic hydroxyl groups is 2. The molecule has 206 valence electrons. The smallest absolute Gasteiger partial charge is 0.243 e. The van der Waals surface area contributed by atoms with Gasteiger partial charge in [-0.3, -0.25) is 10.1 Å². The molecule has 4 aromatic heterocycles. The minimum absolute atomic E-state index is 0.148. The maximum atomic E-state index is 10.9. The van der Waals surface area contributed by atoms with Crippen LogP contribution in [0.4, 0.5) is 5.82 Å². The van der Waals surface area contributed by atoms with Crippen LogP contribution in [-0.4, -0.2) is 53.0 Å². The second-order valence-corrected chi connectivity index (χ2v) is 11.5. The van der Waals surface area contributed by atoms with Crippen LogP contribution in [0.3, 0.4) is 0 Å². The van der Waals surface area contributed by atoms with E-state index in [0.717, 1.165) is 44.6 Å². The summed E-state index contributed by atoms with van der Waals surface area (Å²) in [4.78, 5) is 10.2. The average molecular weight is 589 g/mol. The molecule has 0 aliphatic heterocycles. The molecular formula is C26H29ClN6O4S2. The minimum atomic E-state index is -3.30. The number of aromatic nitrogens is 4. The summed E-state index contributed by atoms with van der Waals surface area (Å²) in [5, 5.41) is 24.5. The van der Waals surface area contributed by atoms with Gasteiger partial charge >= 0.3 is 0 Å². The van der Waals surface area contributed by atoms with Crippen molar-refractivity contribution in [3.63, 3.8) is 0 Å². The second-order valence-electron chi connectivity index (χ2n) is 8.07. The number of halogens is 1. The summed E-state index contributed by atoms with van der Waals surface area (Å²) in [6, 6.07) is 15.6. The molecule has 5 rings (SSSR count). The fraction of sp³-hybridized carbons (Fsp3) is 0.192. The van der Waals surface area contributed by atoms with Crippen LogP contribution in [0.25, 0.3) is 21.3 Å². The van der Waals surface area contributed by atoms with Gasteiger partial charge in [0, 0.05) is 41.1 Å². The van der Waals surface area contributed by atoms with Gasteiger partial charge in [0.2, 0.25) is 10.0 Å². The molecule has 0 bridgehead atoms. The number of nitrogens with two attached hydrogens (primary N) is 1. The topological polar surface area (TPSA) is 167 Å². The number of sulfonamides is 1. The summed E-state index contributed by atoms with van der Waals surface area (Å²) in [7, 11) is -0.949. The Morgan fingerprint density at radius 1 is 1.18 bits per heavy atom. The highest BCUT2D eigenvalue weighted by molar-refractivity contribution is 7.89. The Morgan fingerprint density at radius 3 is 2.62 bits per heavy atom. The van der Waals surface area contributed by atoms with E-state index in [-0.39, 0.29) is 4.90 Å². The molecule has 0 spiro atoms. The Morgan fingerprint density at radius 2 is 1.95 bits per heavy atom. The van der Waals surface area contributed by atoms with E-state index in [1.807, 2.05) is 18.2 Å². The molecule has 13 heteroatoms. The van der Waals surface area contributed by atoms with Crippen LogP contribution in [0.15, 0.2) is 72.0 Å². The first-order valence-electron chi connectivity index (χ1n) is 11.6. The highest BCUT2D eigenvalue weighted by Crippen LogP contribution is 2.36. The molecule has 0 fully saturated rings. The Hall–Kier alpha value is -3.39. The number of aliphatic hydroxyl groups excluding tert-OH is 2. The molecule has 0 saturated carbocycles. The van der Waals surface area contributed by atoms with Gasteiger partial charge in [-0.25, -0.2) is 18.1 Å². The summed E-state index contributed by atoms with van der Waals surface area (Å²) in [5.41, 5.74) is 9.34. The number of aromatic amines is 1. The number of H-pyrrole nitrogens is 1. The molecule has 0 amide bonds. The lowest BCUT2D eigenvalue weighted by Gasteiger charge is -2.07. The zero-order valence-corrected chi connectivity index (χ0v) is 23.8. The third-order valence-electron chi connectivity index (χ3n) is 5.47. The predicted molar refractivity (Wildman–Crippen MR) is 155 cm³/mol. The van der Waals surface area contributed by atoms with Crippen molar-refractivity contribution in [3.05, 3.63) is 88.3 Å². The highest BCUT2D eigenvalue weighted by Gasteiger charge is 2.13. The van der Waals surface area contributed by atoms with E-state index in [4.69, 9.17) is 22.4 Å². The zero-order chi connectivity index (χ0) is 28.6. The largest absolute Gasteiger partial charge is 0.400 e. The normalized spacial score (nSPS) is 11.7. The number of pyridine rings is 2. The number of fused-ring (bicyclic) bond motifs is 1. The molecule has 0 aliphatic carbocycles. The van der Waals surface area contributed by atoms with Crippen LogP contribution in [0.1, 0.15) is 29.2 Å². The van der Waals surface area contributed by atoms with Crippen molar-refractivity contribution in [2.75, 3.05) is 19.9 Å². The minimum Gasteiger partial charge on any atom is -0.400 e. The Balaban J connectivity index is 0.000000294. The van der Waals surface area contributed by atoms with E-state index in [2.05, 4.69) is 43.1 Å². The first-order valence-corrected chi connectivity index (χ1v) is 14.3. The Kier molecular flexibility index (Phi) is 10.5. The van der Waals surface area contributed by atoms with Gasteiger partial charge in [-0.2, -0.15) is 5.10 Å². The van der Waals surface area contributed by atoms with E-state index in [1.165, 1.54) is 19.4 Å². The van der Waals surface area contributed by atoms with Crippen molar-refractivity contribution < 1.29 is 18.6 Å². The van der Waals surface area contributed by atoms with Gasteiger partial charge in [-0.1, -0.05) is 29.8 Å². The highest BCUT2D eigenvalue weighted by atomic mass is 35.5. The number of thiophene rings is 1. The lowest BCUT2D eigenvalue weighted by atomic mass is 10.1. The van der Waals surface area contributed by atoms with Crippen molar-refractivity contribution in [1.29, 1.82) is 0 Å². The molecule has 0 aliphatic rings. The Labute approximate surface area is 235 Å². The van der Waals surface area contributed by atoms with Gasteiger partial charge in [-0.15, -0.1) is 11.3 Å². The predicted octanol–water partition coefficient (Wildman–Crippen LogP) is 4.16. The van der Waals surface area contributed by atoms with Crippen molar-refractivity contribution in [2.24, 2.45) is 0 Å². The molecule has 1 aromatic carbocycles. The maximum absolute atomic E-state index is 10.9. The number of anilines is 1. The molecule has 1 atom stereocenters. The number of nitrogens with one attached hydrogen (secondary N) is 2. The second kappa shape index (κ2) is 13.6. The summed E-state index contributed by atoms with van der Waals surface area (Å²) >= 11 is 7.97. The fourth-order valence-corrected chi connectivity index (χ4v) is 5.54. The van der Waals surface area contributed by atoms with Crippen LogP contribution >= 0.6 is 22.9 Å². The molecule has 0 radical (unpaired) electrons. The van der Waals surface area contributed by atoms with Crippen LogP contribution in [0, 0.1) is 0 Å². The zero-order valence-electron chi connectivity index (χ0n) is 21.5. The molecule has 6 N–H and O–H groups in total. The lowest BCUT2D eigenvalue weighted by Crippen LogP contribution is -2.17. The Bertz CT molecular complexity index is 1620. The molecule has 10 nitrogen and oxygen atoms in total. The van der Waals surface area contributed by atoms with Gasteiger partial charge in [0.15, 0.2) is 0 Å². The third kappa shape index (κ3) is 7.60. The van der Waals surface area contributed by atoms with E-state index >= 15 is 0 Å². The van der Waals surface area contributed by atoms with Gasteiger partial charge < -0.3 is 15.9 Å². The van der Waals surface area contributed by atoms with Gasteiger partial charge in [0.25, 0.3) is 0 Å². The summed E-state index contributed by atoms with van der Waals surface area (Å²) < 4.78 is 25.1. The molecule has 39 heavy (non-hydrogen) atoms. The molecular weight excluding hydrogens is 560 g/mol. The summed E-state index contributed by atoms with van der Waals surface area (Å²) in [5.74, 6) is 0.468. The van der Waals surface area contributed by atoms with Crippen LogP contribution < -0.4 is 10.5 Å². The van der Waals surface area contributed by atoms with Crippen LogP contribution in [0.5, 0.6) is 0 Å². The first kappa shape index (κ1) is 30.2. The summed E-state index contributed by atoms with van der Waals surface area (Å²) in [6.45, 7) is 1.76. The molecule has 5 aromatic rings. The van der Waals surface area contributed by atoms with E-state index in [9.17, 15) is 13.5 Å². The molecule has 1 unspecified atom stereocenters. The average Bonchev–Trinajstić information content (AvgIpc) is 3.63. The fourth-order valence-electron chi connectivity index (χ4n) is 3.55. The van der Waals surface area contributed by atoms with Crippen molar-refractivity contribution in [1.82, 2.24) is 24.9 Å². The quantitative estimate of drug-likeness (QED) is 0.197. The number of rotatable bonds is 6. The van der Waals surface area contributed by atoms with Crippen LogP contribution in [-0.2, 0) is 16.4 Å². The maximum Gasteiger partial charge on any atom is 0.243 e. The van der Waals surface area contributed by atoms with Crippen molar-refractivity contribution in [3.8, 4) is 11.3 Å². The molecule has 0 saturated heterocycles. The third-order valence-corrected chi connectivity index (χ3v) is 8.38. The van der Waals surface area contributed by atoms with Crippen LogP contribution in [0.2, 0.25) is 5.02 Å². The number of hydrogen-bond acceptors (Lipinski definition) is 9. The standard InChI is InChI=1S/C21H18ClN3OS.C4H7N3O2S.CH4O/c1-12(26)13-7-8-24-18(10-13)16-4-2-3-14-9-15(27-21(14)16)11-19-17(22)5-6-20(23)25-19;1-5-10(8,9)4-2-6-7-3-4;1-2/h2-10,12,26H,11H2,1H3,(H2,23,25);2-3,5H,1H3,(H,6,7);2H,1H3. The lowest BCUT2D eigenvalue weighted by molar-refractivity contribution is 0.199. The van der Waals surface area contributed by atoms with Gasteiger partial charge in [0.05, 0.1) is 28.7 Å². The van der Waals surface area contributed by atoms with Crippen molar-refractivity contribution in [2.45, 2.75) is 24.3 Å².